The van der Waals surface area contributed by atoms with Crippen LogP contribution in [0.2, 0.25) is 0 Å². The fourth-order valence-electron chi connectivity index (χ4n) is 2.69. The summed E-state index contributed by atoms with van der Waals surface area (Å²) >= 11 is 0. The number of hydrogen-bond acceptors (Lipinski definition) is 8. The van der Waals surface area contributed by atoms with Crippen LogP contribution < -0.4 is 9.97 Å². The van der Waals surface area contributed by atoms with Gasteiger partial charge in [0.25, 0.3) is 0 Å². The highest BCUT2D eigenvalue weighted by molar-refractivity contribution is 6.47. The van der Waals surface area contributed by atoms with Crippen LogP contribution in [-0.4, -0.2) is 55.4 Å². The highest BCUT2D eigenvalue weighted by Crippen LogP contribution is 2.30. The van der Waals surface area contributed by atoms with Crippen molar-refractivity contribution >= 4 is 25.0 Å². The first-order chi connectivity index (χ1) is 13.7. The van der Waals surface area contributed by atoms with E-state index in [4.69, 9.17) is 18.9 Å². The van der Waals surface area contributed by atoms with E-state index in [1.54, 1.807) is 12.1 Å². The molecule has 2 N–H and O–H groups in total. The van der Waals surface area contributed by atoms with Crippen molar-refractivity contribution in [1.29, 1.82) is 0 Å². The van der Waals surface area contributed by atoms with Crippen LogP contribution in [-0.2, 0) is 30.2 Å². The van der Waals surface area contributed by atoms with Crippen LogP contribution in [0.3, 0.4) is 0 Å². The van der Waals surface area contributed by atoms with Gasteiger partial charge in [0.15, 0.2) is 5.60 Å². The minimum absolute atomic E-state index is 0.0851. The second-order valence-corrected chi connectivity index (χ2v) is 7.13. The maximum atomic E-state index is 12.4. The molecule has 0 saturated carbocycles. The predicted molar refractivity (Wildman–Crippen MR) is 103 cm³/mol. The zero-order valence-corrected chi connectivity index (χ0v) is 17.0. The van der Waals surface area contributed by atoms with E-state index in [1.165, 1.54) is 27.0 Å². The first kappa shape index (κ1) is 22.7. The van der Waals surface area contributed by atoms with E-state index >= 15 is 0 Å². The van der Waals surface area contributed by atoms with Gasteiger partial charge in [0, 0.05) is 13.5 Å². The summed E-state index contributed by atoms with van der Waals surface area (Å²) in [6.45, 7) is 4.34. The summed E-state index contributed by atoms with van der Waals surface area (Å²) in [5, 5.41) is 13.0. The lowest BCUT2D eigenvalue weighted by molar-refractivity contribution is -0.173. The van der Waals surface area contributed by atoms with Crippen molar-refractivity contribution in [2.45, 2.75) is 51.6 Å². The standard InChI is InChI=1S/C19H26BNO8/c1-5-7-15(22)21-14-10-12-8-6-9-13(16(12)29-20(14)25)17(23)27-11-28-18(24)19(2,3)26-4/h6,8-9,14,25H,5,7,10-11H2,1-4H3,(H,21,22)/t14-/m0/s1. The molecule has 1 atom stereocenters. The Morgan fingerprint density at radius 2 is 2.03 bits per heavy atom. The molecule has 158 valence electrons. The van der Waals surface area contributed by atoms with E-state index in [1.807, 2.05) is 6.92 Å². The van der Waals surface area contributed by atoms with Gasteiger partial charge in [-0.2, -0.15) is 0 Å². The topological polar surface area (TPSA) is 120 Å². The molecule has 10 heteroatoms. The van der Waals surface area contributed by atoms with Crippen molar-refractivity contribution in [3.05, 3.63) is 29.3 Å². The van der Waals surface area contributed by atoms with Crippen LogP contribution in [0.5, 0.6) is 5.75 Å². The minimum atomic E-state index is -1.31. The molecule has 0 spiro atoms. The average molecular weight is 407 g/mol. The molecule has 0 saturated heterocycles. The normalized spacial score (nSPS) is 15.8. The van der Waals surface area contributed by atoms with Gasteiger partial charge in [-0.25, -0.2) is 9.59 Å². The Kier molecular flexibility index (Phi) is 7.63. The van der Waals surface area contributed by atoms with Crippen molar-refractivity contribution in [2.75, 3.05) is 13.9 Å². The first-order valence-corrected chi connectivity index (χ1v) is 9.35. The SMILES string of the molecule is CCCC(=O)N[C@H]1Cc2cccc(C(=O)OCOC(=O)C(C)(C)OC)c2OB1O. The number of methoxy groups -OCH3 is 1. The number of carbonyl (C=O) groups is 3. The van der Waals surface area contributed by atoms with E-state index in [0.29, 0.717) is 24.8 Å². The lowest BCUT2D eigenvalue weighted by atomic mass is 9.72. The van der Waals surface area contributed by atoms with Gasteiger partial charge < -0.3 is 29.2 Å². The maximum absolute atomic E-state index is 12.4. The molecule has 1 aromatic carbocycles. The Morgan fingerprint density at radius 1 is 1.31 bits per heavy atom. The fraction of sp³-hybridized carbons (Fsp3) is 0.526. The molecule has 0 aromatic heterocycles. The molecule has 1 aromatic rings. The van der Waals surface area contributed by atoms with Crippen LogP contribution in [0.25, 0.3) is 0 Å². The average Bonchev–Trinajstić information content (AvgIpc) is 2.68. The zero-order valence-electron chi connectivity index (χ0n) is 17.0. The Hall–Kier alpha value is -2.59. The van der Waals surface area contributed by atoms with E-state index in [9.17, 15) is 19.4 Å². The molecule has 0 aliphatic carbocycles. The van der Waals surface area contributed by atoms with E-state index in [2.05, 4.69) is 5.32 Å². The van der Waals surface area contributed by atoms with E-state index in [-0.39, 0.29) is 17.2 Å². The van der Waals surface area contributed by atoms with Gasteiger partial charge in [0.1, 0.15) is 11.3 Å². The highest BCUT2D eigenvalue weighted by Gasteiger charge is 2.38. The van der Waals surface area contributed by atoms with Crippen LogP contribution in [0.1, 0.15) is 49.5 Å². The number of esters is 2. The molecule has 1 heterocycles. The summed E-state index contributed by atoms with van der Waals surface area (Å²) in [6.07, 6.45) is 1.33. The minimum Gasteiger partial charge on any atom is -0.534 e. The summed E-state index contributed by atoms with van der Waals surface area (Å²) in [7, 11) is 0.0574. The number of benzene rings is 1. The number of hydrogen-bond donors (Lipinski definition) is 2. The van der Waals surface area contributed by atoms with Gasteiger partial charge in [-0.15, -0.1) is 0 Å². The van der Waals surface area contributed by atoms with Gasteiger partial charge >= 0.3 is 19.1 Å². The molecule has 0 bridgehead atoms. The summed E-state index contributed by atoms with van der Waals surface area (Å²) in [4.78, 5) is 36.0. The van der Waals surface area contributed by atoms with Crippen LogP contribution in [0.4, 0.5) is 0 Å². The molecule has 29 heavy (non-hydrogen) atoms. The summed E-state index contributed by atoms with van der Waals surface area (Å²) in [6, 6.07) is 4.85. The fourth-order valence-corrected chi connectivity index (χ4v) is 2.69. The molecule has 2 rings (SSSR count). The summed E-state index contributed by atoms with van der Waals surface area (Å²) < 4.78 is 20.4. The van der Waals surface area contributed by atoms with Gasteiger partial charge in [-0.05, 0) is 38.3 Å². The molecular weight excluding hydrogens is 381 g/mol. The Morgan fingerprint density at radius 3 is 2.69 bits per heavy atom. The van der Waals surface area contributed by atoms with E-state index in [0.717, 1.165) is 0 Å². The largest absolute Gasteiger partial charge is 0.547 e. The Bertz CT molecular complexity index is 767. The quantitative estimate of drug-likeness (QED) is 0.372. The predicted octanol–water partition coefficient (Wildman–Crippen LogP) is 1.01. The van der Waals surface area contributed by atoms with Gasteiger partial charge in [0.2, 0.25) is 12.7 Å². The van der Waals surface area contributed by atoms with Crippen molar-refractivity contribution in [3.63, 3.8) is 0 Å². The lowest BCUT2D eigenvalue weighted by Crippen LogP contribution is -2.53. The number of nitrogens with one attached hydrogen (secondary N) is 1. The lowest BCUT2D eigenvalue weighted by Gasteiger charge is -2.29. The molecule has 0 radical (unpaired) electrons. The van der Waals surface area contributed by atoms with Crippen LogP contribution in [0, 0.1) is 0 Å². The number of rotatable bonds is 8. The van der Waals surface area contributed by atoms with Crippen molar-refractivity contribution < 1.29 is 38.3 Å². The Balaban J connectivity index is 2.03. The van der Waals surface area contributed by atoms with Crippen LogP contribution >= 0.6 is 0 Å². The molecule has 0 unspecified atom stereocenters. The first-order valence-electron chi connectivity index (χ1n) is 9.35. The molecular formula is C19H26BNO8. The maximum Gasteiger partial charge on any atom is 0.547 e. The third kappa shape index (κ3) is 5.71. The molecule has 1 aliphatic heterocycles. The molecule has 1 amide bonds. The third-order valence-electron chi connectivity index (χ3n) is 4.54. The number of fused-ring (bicyclic) bond motifs is 1. The number of ether oxygens (including phenoxy) is 3. The number of amides is 1. The summed E-state index contributed by atoms with van der Waals surface area (Å²) in [5.74, 6) is -2.08. The molecule has 1 aliphatic rings. The monoisotopic (exact) mass is 407 g/mol. The van der Waals surface area contributed by atoms with E-state index < -0.39 is 37.4 Å². The second-order valence-electron chi connectivity index (χ2n) is 7.13. The van der Waals surface area contributed by atoms with Gasteiger partial charge in [-0.1, -0.05) is 19.1 Å². The third-order valence-corrected chi connectivity index (χ3v) is 4.54. The van der Waals surface area contributed by atoms with Crippen molar-refractivity contribution in [2.24, 2.45) is 0 Å². The highest BCUT2D eigenvalue weighted by atomic mass is 16.7. The Labute approximate surface area is 169 Å². The number of para-hydroxylation sites is 1. The summed E-state index contributed by atoms with van der Waals surface area (Å²) in [5.41, 5.74) is -0.436. The second kappa shape index (κ2) is 9.75. The number of carbonyl (C=O) groups excluding carboxylic acids is 3. The van der Waals surface area contributed by atoms with Crippen molar-refractivity contribution in [3.8, 4) is 5.75 Å². The molecule has 9 nitrogen and oxygen atoms in total. The van der Waals surface area contributed by atoms with Gasteiger partial charge in [0.05, 0.1) is 5.94 Å². The zero-order chi connectivity index (χ0) is 21.6. The van der Waals surface area contributed by atoms with Crippen molar-refractivity contribution in [1.82, 2.24) is 5.32 Å². The smallest absolute Gasteiger partial charge is 0.534 e. The molecule has 0 fully saturated rings. The van der Waals surface area contributed by atoms with Gasteiger partial charge in [-0.3, -0.25) is 4.79 Å². The van der Waals surface area contributed by atoms with Crippen LogP contribution in [0.15, 0.2) is 18.2 Å².